The van der Waals surface area contributed by atoms with E-state index in [9.17, 15) is 0 Å². The predicted molar refractivity (Wildman–Crippen MR) is 94.0 cm³/mol. The normalized spacial score (nSPS) is 15.1. The summed E-state index contributed by atoms with van der Waals surface area (Å²) >= 11 is 3.66. The summed E-state index contributed by atoms with van der Waals surface area (Å²) < 4.78 is 6.97. The lowest BCUT2D eigenvalue weighted by atomic mass is 10.2. The highest BCUT2D eigenvalue weighted by molar-refractivity contribution is 9.10. The molecule has 0 aliphatic heterocycles. The van der Waals surface area contributed by atoms with Crippen molar-refractivity contribution < 1.29 is 4.74 Å². The van der Waals surface area contributed by atoms with Crippen molar-refractivity contribution in [1.29, 1.82) is 0 Å². The molecule has 22 heavy (non-hydrogen) atoms. The largest absolute Gasteiger partial charge is 0.489 e. The van der Waals surface area contributed by atoms with Gasteiger partial charge in [0.15, 0.2) is 0 Å². The lowest BCUT2D eigenvalue weighted by Crippen LogP contribution is -2.25. The Morgan fingerprint density at radius 3 is 2.55 bits per heavy atom. The van der Waals surface area contributed by atoms with Gasteiger partial charge in [0.05, 0.1) is 0 Å². The highest BCUT2D eigenvalue weighted by atomic mass is 79.9. The quantitative estimate of drug-likeness (QED) is 0.777. The van der Waals surface area contributed by atoms with Crippen molar-refractivity contribution in [1.82, 2.24) is 5.32 Å². The van der Waals surface area contributed by atoms with E-state index < -0.39 is 0 Å². The van der Waals surface area contributed by atoms with Crippen molar-refractivity contribution in [3.05, 3.63) is 64.1 Å². The molecule has 3 rings (SSSR count). The van der Waals surface area contributed by atoms with E-state index in [1.54, 1.807) is 0 Å². The summed E-state index contributed by atoms with van der Waals surface area (Å²) in [5.74, 6) is 0.903. The van der Waals surface area contributed by atoms with Crippen LogP contribution in [-0.2, 0) is 13.2 Å². The Morgan fingerprint density at radius 1 is 1.05 bits per heavy atom. The van der Waals surface area contributed by atoms with Crippen LogP contribution in [0.3, 0.4) is 0 Å². The Labute approximate surface area is 141 Å². The minimum atomic E-state index is 0.604. The third-order valence-electron chi connectivity index (χ3n) is 4.21. The molecule has 1 aliphatic rings. The molecule has 0 spiro atoms. The molecule has 1 N–H and O–H groups in total. The summed E-state index contributed by atoms with van der Waals surface area (Å²) in [6, 6.07) is 17.2. The van der Waals surface area contributed by atoms with Gasteiger partial charge in [-0.3, -0.25) is 0 Å². The number of rotatable bonds is 6. The molecule has 1 aliphatic carbocycles. The Kier molecular flexibility index (Phi) is 5.52. The molecule has 2 aromatic carbocycles. The zero-order valence-electron chi connectivity index (χ0n) is 12.7. The van der Waals surface area contributed by atoms with Crippen LogP contribution in [-0.4, -0.2) is 6.04 Å². The third kappa shape index (κ3) is 4.34. The number of benzene rings is 2. The molecule has 0 amide bonds. The van der Waals surface area contributed by atoms with Crippen molar-refractivity contribution in [2.45, 2.75) is 44.9 Å². The Bertz CT molecular complexity index is 594. The Balaban J connectivity index is 1.54. The monoisotopic (exact) mass is 359 g/mol. The highest BCUT2D eigenvalue weighted by Crippen LogP contribution is 2.25. The Morgan fingerprint density at radius 2 is 1.82 bits per heavy atom. The Hall–Kier alpha value is -1.32. The summed E-state index contributed by atoms with van der Waals surface area (Å²) in [7, 11) is 0. The molecule has 0 unspecified atom stereocenters. The number of ether oxygens (including phenoxy) is 1. The molecule has 0 aromatic heterocycles. The molecule has 3 heteroatoms. The SMILES string of the molecule is Brc1cc(OCc2ccccc2)ccc1CNC1CCCC1. The molecule has 116 valence electrons. The molecule has 0 saturated heterocycles. The number of nitrogens with one attached hydrogen (secondary N) is 1. The van der Waals surface area contributed by atoms with Crippen molar-refractivity contribution >= 4 is 15.9 Å². The van der Waals surface area contributed by atoms with E-state index >= 15 is 0 Å². The lowest BCUT2D eigenvalue weighted by Gasteiger charge is -2.14. The zero-order valence-corrected chi connectivity index (χ0v) is 14.3. The van der Waals surface area contributed by atoms with Gasteiger partial charge in [-0.05, 0) is 36.1 Å². The average Bonchev–Trinajstić information content (AvgIpc) is 3.06. The maximum atomic E-state index is 5.86. The summed E-state index contributed by atoms with van der Waals surface area (Å²) in [4.78, 5) is 0. The number of hydrogen-bond donors (Lipinski definition) is 1. The molecule has 2 aromatic rings. The molecular formula is C19H22BrNO. The van der Waals surface area contributed by atoms with E-state index in [1.165, 1.54) is 36.8 Å². The van der Waals surface area contributed by atoms with Crippen LogP contribution in [0.1, 0.15) is 36.8 Å². The van der Waals surface area contributed by atoms with Crippen LogP contribution in [0.2, 0.25) is 0 Å². The first kappa shape index (κ1) is 15.6. The minimum Gasteiger partial charge on any atom is -0.489 e. The number of hydrogen-bond acceptors (Lipinski definition) is 2. The standard InChI is InChI=1S/C19H22BrNO/c20-19-12-18(22-14-15-6-2-1-3-7-15)11-10-16(19)13-21-17-8-4-5-9-17/h1-3,6-7,10-12,17,21H,4-5,8-9,13-14H2. The van der Waals surface area contributed by atoms with Gasteiger partial charge < -0.3 is 10.1 Å². The van der Waals surface area contributed by atoms with Gasteiger partial charge in [-0.25, -0.2) is 0 Å². The molecule has 1 saturated carbocycles. The second-order valence-corrected chi connectivity index (χ2v) is 6.74. The van der Waals surface area contributed by atoms with Gasteiger partial charge in [-0.1, -0.05) is 65.2 Å². The van der Waals surface area contributed by atoms with E-state index in [-0.39, 0.29) is 0 Å². The fraction of sp³-hybridized carbons (Fsp3) is 0.368. The summed E-state index contributed by atoms with van der Waals surface area (Å²) in [6.07, 6.45) is 5.36. The summed E-state index contributed by atoms with van der Waals surface area (Å²) in [5, 5.41) is 3.65. The van der Waals surface area contributed by atoms with E-state index in [0.717, 1.165) is 16.8 Å². The first-order valence-electron chi connectivity index (χ1n) is 8.00. The minimum absolute atomic E-state index is 0.604. The molecule has 0 atom stereocenters. The van der Waals surface area contributed by atoms with Gasteiger partial charge >= 0.3 is 0 Å². The van der Waals surface area contributed by atoms with E-state index in [2.05, 4.69) is 51.6 Å². The molecule has 1 fully saturated rings. The maximum Gasteiger partial charge on any atom is 0.120 e. The molecule has 0 heterocycles. The maximum absolute atomic E-state index is 5.86. The van der Waals surface area contributed by atoms with Gasteiger partial charge in [0.2, 0.25) is 0 Å². The second kappa shape index (κ2) is 7.80. The zero-order chi connectivity index (χ0) is 15.2. The second-order valence-electron chi connectivity index (χ2n) is 5.89. The van der Waals surface area contributed by atoms with Crippen LogP contribution >= 0.6 is 15.9 Å². The topological polar surface area (TPSA) is 21.3 Å². The first-order chi connectivity index (χ1) is 10.8. The predicted octanol–water partition coefficient (Wildman–Crippen LogP) is 5.06. The summed E-state index contributed by atoms with van der Waals surface area (Å²) in [6.45, 7) is 1.52. The van der Waals surface area contributed by atoms with Crippen molar-refractivity contribution in [2.24, 2.45) is 0 Å². The van der Waals surface area contributed by atoms with Crippen molar-refractivity contribution in [2.75, 3.05) is 0 Å². The lowest BCUT2D eigenvalue weighted by molar-refractivity contribution is 0.306. The van der Waals surface area contributed by atoms with Crippen LogP contribution in [0.15, 0.2) is 53.0 Å². The van der Waals surface area contributed by atoms with Crippen molar-refractivity contribution in [3.8, 4) is 5.75 Å². The molecule has 0 bridgehead atoms. The summed E-state index contributed by atoms with van der Waals surface area (Å²) in [5.41, 5.74) is 2.48. The first-order valence-corrected chi connectivity index (χ1v) is 8.79. The van der Waals surface area contributed by atoms with Gasteiger partial charge in [0.25, 0.3) is 0 Å². The van der Waals surface area contributed by atoms with Gasteiger partial charge in [-0.15, -0.1) is 0 Å². The molecular weight excluding hydrogens is 338 g/mol. The average molecular weight is 360 g/mol. The van der Waals surface area contributed by atoms with Crippen LogP contribution < -0.4 is 10.1 Å². The molecule has 2 nitrogen and oxygen atoms in total. The van der Waals surface area contributed by atoms with Crippen LogP contribution in [0.25, 0.3) is 0 Å². The van der Waals surface area contributed by atoms with Crippen LogP contribution in [0.4, 0.5) is 0 Å². The fourth-order valence-electron chi connectivity index (χ4n) is 2.89. The van der Waals surface area contributed by atoms with E-state index in [0.29, 0.717) is 12.6 Å². The highest BCUT2D eigenvalue weighted by Gasteiger charge is 2.14. The van der Waals surface area contributed by atoms with Crippen LogP contribution in [0, 0.1) is 0 Å². The number of halogens is 1. The van der Waals surface area contributed by atoms with Crippen molar-refractivity contribution in [3.63, 3.8) is 0 Å². The smallest absolute Gasteiger partial charge is 0.120 e. The van der Waals surface area contributed by atoms with Crippen LogP contribution in [0.5, 0.6) is 5.75 Å². The van der Waals surface area contributed by atoms with Gasteiger partial charge in [0.1, 0.15) is 12.4 Å². The van der Waals surface area contributed by atoms with Gasteiger partial charge in [-0.2, -0.15) is 0 Å². The molecule has 0 radical (unpaired) electrons. The van der Waals surface area contributed by atoms with Gasteiger partial charge in [0, 0.05) is 17.1 Å². The van der Waals surface area contributed by atoms with E-state index in [1.807, 2.05) is 18.2 Å². The van der Waals surface area contributed by atoms with E-state index in [4.69, 9.17) is 4.74 Å². The third-order valence-corrected chi connectivity index (χ3v) is 4.95. The fourth-order valence-corrected chi connectivity index (χ4v) is 3.38.